The third kappa shape index (κ3) is 2.46. The van der Waals surface area contributed by atoms with Crippen molar-refractivity contribution in [2.45, 2.75) is 18.8 Å². The highest BCUT2D eigenvalue weighted by molar-refractivity contribution is 5.70. The Morgan fingerprint density at radius 3 is 2.43 bits per heavy atom. The molecule has 1 aliphatic rings. The summed E-state index contributed by atoms with van der Waals surface area (Å²) in [6.07, 6.45) is 2.99. The molecule has 7 heteroatoms. The van der Waals surface area contributed by atoms with Crippen LogP contribution < -0.4 is 5.56 Å². The summed E-state index contributed by atoms with van der Waals surface area (Å²) < 4.78 is 30.4. The van der Waals surface area contributed by atoms with Gasteiger partial charge in [0.1, 0.15) is 5.82 Å². The number of fused-ring (bicyclic) bond motifs is 2. The van der Waals surface area contributed by atoms with E-state index in [4.69, 9.17) is 4.98 Å². The highest BCUT2D eigenvalue weighted by Crippen LogP contribution is 2.34. The summed E-state index contributed by atoms with van der Waals surface area (Å²) in [5.74, 6) is -1.48. The molecule has 0 radical (unpaired) electrons. The van der Waals surface area contributed by atoms with Gasteiger partial charge in [-0.05, 0) is 36.1 Å². The van der Waals surface area contributed by atoms with Gasteiger partial charge in [0.25, 0.3) is 5.56 Å². The Bertz CT molecular complexity index is 1270. The summed E-state index contributed by atoms with van der Waals surface area (Å²) >= 11 is 0. The molecule has 2 aromatic carbocycles. The van der Waals surface area contributed by atoms with Gasteiger partial charge in [-0.1, -0.05) is 24.3 Å². The minimum absolute atomic E-state index is 0.0440. The SMILES string of the molecule is Cn1cnc2c(=O)n(-c3ccc(F)c(F)c3)c(C3Cc4ccccc4C3)nc21. The number of aromatic nitrogens is 4. The van der Waals surface area contributed by atoms with Crippen LogP contribution in [0.5, 0.6) is 0 Å². The second-order valence-corrected chi connectivity index (χ2v) is 7.11. The highest BCUT2D eigenvalue weighted by atomic mass is 19.2. The molecule has 5 rings (SSSR count). The first-order valence-corrected chi connectivity index (χ1v) is 8.99. The molecule has 0 saturated heterocycles. The second kappa shape index (κ2) is 6.09. The molecular formula is C21H16F2N4O. The van der Waals surface area contributed by atoms with Gasteiger partial charge in [0.05, 0.1) is 12.0 Å². The number of hydrogen-bond donors (Lipinski definition) is 0. The van der Waals surface area contributed by atoms with Gasteiger partial charge in [-0.2, -0.15) is 0 Å². The lowest BCUT2D eigenvalue weighted by molar-refractivity contribution is 0.507. The molecule has 0 amide bonds. The Balaban J connectivity index is 1.76. The van der Waals surface area contributed by atoms with Crippen molar-refractivity contribution < 1.29 is 8.78 Å². The smallest absolute Gasteiger partial charge is 0.286 e. The average molecular weight is 378 g/mol. The van der Waals surface area contributed by atoms with Gasteiger partial charge in [0.15, 0.2) is 22.8 Å². The van der Waals surface area contributed by atoms with Crippen molar-refractivity contribution in [3.63, 3.8) is 0 Å². The lowest BCUT2D eigenvalue weighted by atomic mass is 10.0. The number of rotatable bonds is 2. The van der Waals surface area contributed by atoms with Gasteiger partial charge in [0.2, 0.25) is 0 Å². The first-order chi connectivity index (χ1) is 13.5. The normalized spacial score (nSPS) is 14.0. The number of nitrogens with zero attached hydrogens (tertiary/aromatic N) is 4. The van der Waals surface area contributed by atoms with E-state index in [1.54, 1.807) is 11.6 Å². The van der Waals surface area contributed by atoms with Gasteiger partial charge < -0.3 is 4.57 Å². The lowest BCUT2D eigenvalue weighted by Gasteiger charge is -2.17. The van der Waals surface area contributed by atoms with Crippen molar-refractivity contribution in [2.24, 2.45) is 7.05 Å². The van der Waals surface area contributed by atoms with E-state index in [1.807, 2.05) is 12.1 Å². The zero-order chi connectivity index (χ0) is 19.4. The molecule has 0 saturated carbocycles. The maximum atomic E-state index is 13.9. The van der Waals surface area contributed by atoms with Crippen molar-refractivity contribution in [2.75, 3.05) is 0 Å². The van der Waals surface area contributed by atoms with Crippen molar-refractivity contribution in [1.29, 1.82) is 0 Å². The van der Waals surface area contributed by atoms with Crippen molar-refractivity contribution in [1.82, 2.24) is 19.1 Å². The molecule has 0 spiro atoms. The van der Waals surface area contributed by atoms with Crippen LogP contribution >= 0.6 is 0 Å². The Morgan fingerprint density at radius 1 is 1.04 bits per heavy atom. The maximum absolute atomic E-state index is 13.9. The van der Waals surface area contributed by atoms with E-state index in [9.17, 15) is 13.6 Å². The van der Waals surface area contributed by atoms with E-state index in [1.165, 1.54) is 28.1 Å². The summed E-state index contributed by atoms with van der Waals surface area (Å²) in [6.45, 7) is 0. The minimum Gasteiger partial charge on any atom is -0.318 e. The van der Waals surface area contributed by atoms with Gasteiger partial charge >= 0.3 is 0 Å². The molecule has 2 aromatic heterocycles. The molecule has 140 valence electrons. The lowest BCUT2D eigenvalue weighted by Crippen LogP contribution is -2.26. The van der Waals surface area contributed by atoms with Crippen LogP contribution in [0, 0.1) is 11.6 Å². The van der Waals surface area contributed by atoms with Gasteiger partial charge in [0, 0.05) is 19.0 Å². The Morgan fingerprint density at radius 2 is 1.75 bits per heavy atom. The topological polar surface area (TPSA) is 52.7 Å². The summed E-state index contributed by atoms with van der Waals surface area (Å²) in [6, 6.07) is 11.5. The van der Waals surface area contributed by atoms with E-state index in [-0.39, 0.29) is 22.7 Å². The summed E-state index contributed by atoms with van der Waals surface area (Å²) in [4.78, 5) is 22.1. The molecule has 0 N–H and O–H groups in total. The summed E-state index contributed by atoms with van der Waals surface area (Å²) in [5, 5.41) is 0. The Kier molecular flexibility index (Phi) is 3.65. The number of aryl methyl sites for hydroxylation is 1. The molecule has 4 aromatic rings. The summed E-state index contributed by atoms with van der Waals surface area (Å²) in [7, 11) is 1.77. The standard InChI is InChI=1S/C21H16F2N4O/c1-26-11-24-18-20(26)25-19(14-8-12-4-2-3-5-13(12)9-14)27(21(18)28)15-6-7-16(22)17(23)10-15/h2-7,10-11,14H,8-9H2,1H3. The molecular weight excluding hydrogens is 362 g/mol. The van der Waals surface area contributed by atoms with Crippen LogP contribution in [0.3, 0.4) is 0 Å². The van der Waals surface area contributed by atoms with E-state index in [2.05, 4.69) is 17.1 Å². The van der Waals surface area contributed by atoms with Crippen LogP contribution in [-0.4, -0.2) is 19.1 Å². The van der Waals surface area contributed by atoms with Crippen molar-refractivity contribution >= 4 is 11.2 Å². The molecule has 2 heterocycles. The quantitative estimate of drug-likeness (QED) is 0.538. The molecule has 5 nitrogen and oxygen atoms in total. The molecule has 0 unspecified atom stereocenters. The molecule has 0 atom stereocenters. The fourth-order valence-electron chi connectivity index (χ4n) is 3.96. The van der Waals surface area contributed by atoms with Crippen LogP contribution in [0.1, 0.15) is 22.9 Å². The zero-order valence-electron chi connectivity index (χ0n) is 15.1. The van der Waals surface area contributed by atoms with Crippen molar-refractivity contribution in [3.8, 4) is 5.69 Å². The van der Waals surface area contributed by atoms with Crippen molar-refractivity contribution in [3.05, 3.63) is 87.7 Å². The van der Waals surface area contributed by atoms with Gasteiger partial charge in [-0.25, -0.2) is 18.7 Å². The third-order valence-corrected chi connectivity index (χ3v) is 5.34. The van der Waals surface area contributed by atoms with E-state index >= 15 is 0 Å². The van der Waals surface area contributed by atoms with Crippen LogP contribution in [0.4, 0.5) is 8.78 Å². The average Bonchev–Trinajstić information content (AvgIpc) is 3.28. The summed E-state index contributed by atoms with van der Waals surface area (Å²) in [5.41, 5.74) is 2.96. The van der Waals surface area contributed by atoms with E-state index in [0.29, 0.717) is 11.5 Å². The third-order valence-electron chi connectivity index (χ3n) is 5.34. The first kappa shape index (κ1) is 16.8. The number of hydrogen-bond acceptors (Lipinski definition) is 3. The molecule has 0 aliphatic heterocycles. The minimum atomic E-state index is -1.01. The number of benzene rings is 2. The van der Waals surface area contributed by atoms with E-state index < -0.39 is 11.6 Å². The van der Waals surface area contributed by atoms with E-state index in [0.717, 1.165) is 25.0 Å². The number of imidazole rings is 1. The van der Waals surface area contributed by atoms with Crippen LogP contribution in [0.15, 0.2) is 53.6 Å². The monoisotopic (exact) mass is 378 g/mol. The predicted octanol–water partition coefficient (Wildman–Crippen LogP) is 3.28. The Labute approximate surface area is 158 Å². The van der Waals surface area contributed by atoms with Crippen LogP contribution in [-0.2, 0) is 19.9 Å². The maximum Gasteiger partial charge on any atom is 0.286 e. The fourth-order valence-corrected chi connectivity index (χ4v) is 3.96. The first-order valence-electron chi connectivity index (χ1n) is 8.99. The number of halogens is 2. The van der Waals surface area contributed by atoms with Crippen LogP contribution in [0.2, 0.25) is 0 Å². The van der Waals surface area contributed by atoms with Gasteiger partial charge in [-0.15, -0.1) is 0 Å². The van der Waals surface area contributed by atoms with Gasteiger partial charge in [-0.3, -0.25) is 9.36 Å². The fraction of sp³-hybridized carbons (Fsp3) is 0.190. The molecule has 0 bridgehead atoms. The largest absolute Gasteiger partial charge is 0.318 e. The molecule has 28 heavy (non-hydrogen) atoms. The van der Waals surface area contributed by atoms with Crippen LogP contribution in [0.25, 0.3) is 16.9 Å². The Hall–Kier alpha value is -3.35. The molecule has 0 fully saturated rings. The zero-order valence-corrected chi connectivity index (χ0v) is 15.1. The predicted molar refractivity (Wildman–Crippen MR) is 101 cm³/mol. The highest BCUT2D eigenvalue weighted by Gasteiger charge is 2.28. The second-order valence-electron chi connectivity index (χ2n) is 7.11. The molecule has 1 aliphatic carbocycles.